The number of carbonyl (C=O) groups is 1. The summed E-state index contributed by atoms with van der Waals surface area (Å²) in [5.74, 6) is 0.694. The predicted octanol–water partition coefficient (Wildman–Crippen LogP) is 3.57. The summed E-state index contributed by atoms with van der Waals surface area (Å²) in [6.07, 6.45) is 4.75. The molecule has 1 rings (SSSR count). The fourth-order valence-corrected chi connectivity index (χ4v) is 1.40. The SMILES string of the molecule is C=C/C=C(\C=C)C(=O)c1ccc(OCC)cc1. The van der Waals surface area contributed by atoms with Crippen molar-refractivity contribution >= 4 is 5.78 Å². The Balaban J connectivity index is 2.93. The van der Waals surface area contributed by atoms with E-state index in [0.717, 1.165) is 5.75 Å². The topological polar surface area (TPSA) is 26.3 Å². The standard InChI is InChI=1S/C15H16O2/c1-4-7-12(5-2)15(16)13-8-10-14(11-9-13)17-6-3/h4-5,7-11H,1-2,6H2,3H3/b12-7+. The highest BCUT2D eigenvalue weighted by atomic mass is 16.5. The van der Waals surface area contributed by atoms with Gasteiger partial charge in [-0.1, -0.05) is 31.4 Å². The average molecular weight is 228 g/mol. The van der Waals surface area contributed by atoms with Gasteiger partial charge in [-0.05, 0) is 31.2 Å². The Morgan fingerprint density at radius 2 is 1.94 bits per heavy atom. The Kier molecular flexibility index (Phi) is 4.95. The maximum Gasteiger partial charge on any atom is 0.193 e. The Morgan fingerprint density at radius 1 is 1.29 bits per heavy atom. The summed E-state index contributed by atoms with van der Waals surface area (Å²) in [5, 5.41) is 0. The molecule has 0 aromatic heterocycles. The van der Waals surface area contributed by atoms with E-state index in [0.29, 0.717) is 17.7 Å². The molecule has 0 aliphatic heterocycles. The number of carbonyl (C=O) groups excluding carboxylic acids is 1. The van der Waals surface area contributed by atoms with Crippen LogP contribution in [0.2, 0.25) is 0 Å². The van der Waals surface area contributed by atoms with Gasteiger partial charge in [-0.3, -0.25) is 4.79 Å². The highest BCUT2D eigenvalue weighted by Crippen LogP contribution is 2.15. The van der Waals surface area contributed by atoms with E-state index in [-0.39, 0.29) is 5.78 Å². The largest absolute Gasteiger partial charge is 0.494 e. The zero-order chi connectivity index (χ0) is 12.7. The van der Waals surface area contributed by atoms with Crippen LogP contribution in [0.1, 0.15) is 17.3 Å². The Labute approximate surface area is 102 Å². The number of hydrogen-bond donors (Lipinski definition) is 0. The van der Waals surface area contributed by atoms with E-state index in [4.69, 9.17) is 4.74 Å². The van der Waals surface area contributed by atoms with Crippen molar-refractivity contribution in [3.05, 3.63) is 66.8 Å². The van der Waals surface area contributed by atoms with Crippen LogP contribution >= 0.6 is 0 Å². The Morgan fingerprint density at radius 3 is 2.41 bits per heavy atom. The minimum absolute atomic E-state index is 0.0667. The first-order chi connectivity index (χ1) is 8.22. The van der Waals surface area contributed by atoms with Crippen LogP contribution in [0, 0.1) is 0 Å². The van der Waals surface area contributed by atoms with Gasteiger partial charge in [-0.25, -0.2) is 0 Å². The highest BCUT2D eigenvalue weighted by Gasteiger charge is 2.08. The van der Waals surface area contributed by atoms with Gasteiger partial charge in [0.25, 0.3) is 0 Å². The van der Waals surface area contributed by atoms with Crippen molar-refractivity contribution in [3.8, 4) is 5.75 Å². The van der Waals surface area contributed by atoms with E-state index in [1.807, 2.05) is 6.92 Å². The first-order valence-electron chi connectivity index (χ1n) is 5.45. The fraction of sp³-hybridized carbons (Fsp3) is 0.133. The van der Waals surface area contributed by atoms with E-state index in [1.165, 1.54) is 6.08 Å². The maximum atomic E-state index is 12.0. The molecular weight excluding hydrogens is 212 g/mol. The molecule has 0 aliphatic rings. The minimum atomic E-state index is -0.0667. The average Bonchev–Trinajstić information content (AvgIpc) is 2.36. The Hall–Kier alpha value is -2.09. The van der Waals surface area contributed by atoms with Gasteiger partial charge in [0, 0.05) is 11.1 Å². The fourth-order valence-electron chi connectivity index (χ4n) is 1.40. The summed E-state index contributed by atoms with van der Waals surface area (Å²) in [6.45, 7) is 9.71. The van der Waals surface area contributed by atoms with E-state index in [2.05, 4.69) is 13.2 Å². The van der Waals surface area contributed by atoms with E-state index >= 15 is 0 Å². The molecule has 0 aliphatic carbocycles. The molecule has 0 saturated heterocycles. The highest BCUT2D eigenvalue weighted by molar-refractivity contribution is 6.10. The van der Waals surface area contributed by atoms with Crippen LogP contribution in [0.3, 0.4) is 0 Å². The lowest BCUT2D eigenvalue weighted by Gasteiger charge is -2.04. The lowest BCUT2D eigenvalue weighted by molar-refractivity contribution is 0.103. The first kappa shape index (κ1) is 13.0. The first-order valence-corrected chi connectivity index (χ1v) is 5.45. The van der Waals surface area contributed by atoms with Crippen molar-refractivity contribution in [1.82, 2.24) is 0 Å². The molecule has 88 valence electrons. The normalized spacial score (nSPS) is 10.8. The molecular formula is C15H16O2. The molecule has 2 heteroatoms. The molecule has 1 aromatic carbocycles. The summed E-state index contributed by atoms with van der Waals surface area (Å²) in [6, 6.07) is 7.05. The number of hydrogen-bond acceptors (Lipinski definition) is 2. The summed E-state index contributed by atoms with van der Waals surface area (Å²) in [5.41, 5.74) is 1.14. The number of Topliss-reactive ketones (excluding diaryl/α,β-unsaturated/α-hetero) is 1. The van der Waals surface area contributed by atoms with Crippen LogP contribution in [0.15, 0.2) is 61.2 Å². The van der Waals surface area contributed by atoms with Crippen molar-refractivity contribution < 1.29 is 9.53 Å². The number of rotatable bonds is 6. The van der Waals surface area contributed by atoms with Crippen molar-refractivity contribution in [2.45, 2.75) is 6.92 Å². The number of ketones is 1. The van der Waals surface area contributed by atoms with Gasteiger partial charge in [0.2, 0.25) is 0 Å². The van der Waals surface area contributed by atoms with Gasteiger partial charge in [0.1, 0.15) is 5.75 Å². The third kappa shape index (κ3) is 3.45. The zero-order valence-electron chi connectivity index (χ0n) is 9.98. The van der Waals surface area contributed by atoms with E-state index in [9.17, 15) is 4.79 Å². The van der Waals surface area contributed by atoms with Crippen LogP contribution in [-0.2, 0) is 0 Å². The quantitative estimate of drug-likeness (QED) is 0.422. The second-order valence-corrected chi connectivity index (χ2v) is 3.35. The van der Waals surface area contributed by atoms with Gasteiger partial charge in [-0.2, -0.15) is 0 Å². The lowest BCUT2D eigenvalue weighted by Crippen LogP contribution is -2.01. The lowest BCUT2D eigenvalue weighted by atomic mass is 10.0. The number of benzene rings is 1. The van der Waals surface area contributed by atoms with Crippen molar-refractivity contribution in [2.24, 2.45) is 0 Å². The molecule has 0 radical (unpaired) electrons. The second-order valence-electron chi connectivity index (χ2n) is 3.35. The smallest absolute Gasteiger partial charge is 0.193 e. The molecule has 0 heterocycles. The van der Waals surface area contributed by atoms with Crippen LogP contribution < -0.4 is 4.74 Å². The molecule has 0 N–H and O–H groups in total. The molecule has 0 fully saturated rings. The Bertz CT molecular complexity index is 438. The molecule has 0 atom stereocenters. The second kappa shape index (κ2) is 6.48. The third-order valence-electron chi connectivity index (χ3n) is 2.21. The predicted molar refractivity (Wildman–Crippen MR) is 70.4 cm³/mol. The van der Waals surface area contributed by atoms with Gasteiger partial charge in [0.05, 0.1) is 6.61 Å². The van der Waals surface area contributed by atoms with E-state index < -0.39 is 0 Å². The molecule has 0 bridgehead atoms. The molecule has 0 saturated carbocycles. The molecule has 1 aromatic rings. The molecule has 0 spiro atoms. The summed E-state index contributed by atoms with van der Waals surface area (Å²) in [4.78, 5) is 12.0. The number of ether oxygens (including phenoxy) is 1. The van der Waals surface area contributed by atoms with Crippen LogP contribution in [-0.4, -0.2) is 12.4 Å². The van der Waals surface area contributed by atoms with Crippen LogP contribution in [0.4, 0.5) is 0 Å². The summed E-state index contributed by atoms with van der Waals surface area (Å²) in [7, 11) is 0. The minimum Gasteiger partial charge on any atom is -0.494 e. The van der Waals surface area contributed by atoms with Gasteiger partial charge in [0.15, 0.2) is 5.78 Å². The summed E-state index contributed by atoms with van der Waals surface area (Å²) >= 11 is 0. The van der Waals surface area contributed by atoms with Crippen molar-refractivity contribution in [1.29, 1.82) is 0 Å². The number of allylic oxidation sites excluding steroid dienone is 4. The van der Waals surface area contributed by atoms with Gasteiger partial charge in [-0.15, -0.1) is 0 Å². The summed E-state index contributed by atoms with van der Waals surface area (Å²) < 4.78 is 5.31. The zero-order valence-corrected chi connectivity index (χ0v) is 9.98. The molecule has 0 unspecified atom stereocenters. The van der Waals surface area contributed by atoms with Crippen LogP contribution in [0.5, 0.6) is 5.75 Å². The van der Waals surface area contributed by atoms with Crippen molar-refractivity contribution in [2.75, 3.05) is 6.61 Å². The third-order valence-corrected chi connectivity index (χ3v) is 2.21. The maximum absolute atomic E-state index is 12.0. The molecule has 17 heavy (non-hydrogen) atoms. The molecule has 0 amide bonds. The van der Waals surface area contributed by atoms with Crippen molar-refractivity contribution in [3.63, 3.8) is 0 Å². The monoisotopic (exact) mass is 228 g/mol. The molecule has 2 nitrogen and oxygen atoms in total. The van der Waals surface area contributed by atoms with Gasteiger partial charge < -0.3 is 4.74 Å². The van der Waals surface area contributed by atoms with Crippen LogP contribution in [0.25, 0.3) is 0 Å². The van der Waals surface area contributed by atoms with Gasteiger partial charge >= 0.3 is 0 Å². The van der Waals surface area contributed by atoms with E-state index in [1.54, 1.807) is 36.4 Å².